The van der Waals surface area contributed by atoms with Crippen molar-refractivity contribution in [3.63, 3.8) is 0 Å². The van der Waals surface area contributed by atoms with E-state index in [9.17, 15) is 4.79 Å². The SMILES string of the molecule is Cc1cc(Sc2ccc(OCc3sc(-c4ccccc4)nc3C)c(C)c2)ccc1OCC(=O)O. The fraction of sp³-hybridized carbons (Fsp3) is 0.185. The van der Waals surface area contributed by atoms with Crippen LogP contribution in [0, 0.1) is 20.8 Å². The maximum atomic E-state index is 10.7. The molecular weight excluding hydrogens is 466 g/mol. The third-order valence-corrected chi connectivity index (χ3v) is 7.31. The van der Waals surface area contributed by atoms with Gasteiger partial charge in [-0.05, 0) is 68.3 Å². The molecule has 4 aromatic rings. The monoisotopic (exact) mass is 491 g/mol. The van der Waals surface area contributed by atoms with Gasteiger partial charge in [-0.3, -0.25) is 0 Å². The highest BCUT2D eigenvalue weighted by Crippen LogP contribution is 2.34. The highest BCUT2D eigenvalue weighted by atomic mass is 32.2. The summed E-state index contributed by atoms with van der Waals surface area (Å²) < 4.78 is 11.4. The van der Waals surface area contributed by atoms with Crippen molar-refractivity contribution in [1.82, 2.24) is 4.98 Å². The second-order valence-corrected chi connectivity index (χ2v) is 10.1. The standard InChI is InChI=1S/C27H25NO4S2/c1-17-13-21(33-22-10-12-24(18(2)14-22)32-16-26(29)30)9-11-23(17)31-15-25-19(3)28-27(34-25)20-7-5-4-6-8-20/h4-14H,15-16H2,1-3H3,(H,29,30). The Hall–Kier alpha value is -3.29. The fourth-order valence-electron chi connectivity index (χ4n) is 3.38. The van der Waals surface area contributed by atoms with Gasteiger partial charge in [0.25, 0.3) is 0 Å². The molecule has 34 heavy (non-hydrogen) atoms. The smallest absolute Gasteiger partial charge is 0.341 e. The summed E-state index contributed by atoms with van der Waals surface area (Å²) >= 11 is 3.31. The van der Waals surface area contributed by atoms with Crippen LogP contribution >= 0.6 is 23.1 Å². The van der Waals surface area contributed by atoms with Crippen molar-refractivity contribution in [3.05, 3.63) is 88.4 Å². The topological polar surface area (TPSA) is 68.7 Å². The lowest BCUT2D eigenvalue weighted by atomic mass is 10.2. The fourth-order valence-corrected chi connectivity index (χ4v) is 5.38. The molecule has 0 aliphatic carbocycles. The number of rotatable bonds is 9. The predicted octanol–water partition coefficient (Wildman–Crippen LogP) is 6.93. The van der Waals surface area contributed by atoms with E-state index >= 15 is 0 Å². The van der Waals surface area contributed by atoms with Crippen molar-refractivity contribution in [1.29, 1.82) is 0 Å². The summed E-state index contributed by atoms with van der Waals surface area (Å²) in [6.45, 7) is 6.12. The van der Waals surface area contributed by atoms with Gasteiger partial charge < -0.3 is 14.6 Å². The third kappa shape index (κ3) is 5.98. The first-order valence-electron chi connectivity index (χ1n) is 10.8. The van der Waals surface area contributed by atoms with Gasteiger partial charge >= 0.3 is 5.97 Å². The predicted molar refractivity (Wildman–Crippen MR) is 136 cm³/mol. The Morgan fingerprint density at radius 2 is 1.53 bits per heavy atom. The van der Waals surface area contributed by atoms with E-state index < -0.39 is 5.97 Å². The molecule has 0 atom stereocenters. The minimum Gasteiger partial charge on any atom is -0.488 e. The van der Waals surface area contributed by atoms with Crippen molar-refractivity contribution in [2.24, 2.45) is 0 Å². The molecule has 174 valence electrons. The van der Waals surface area contributed by atoms with E-state index in [2.05, 4.69) is 18.2 Å². The van der Waals surface area contributed by atoms with Crippen molar-refractivity contribution in [3.8, 4) is 22.1 Å². The molecule has 0 aliphatic heterocycles. The normalized spacial score (nSPS) is 10.8. The van der Waals surface area contributed by atoms with Crippen LogP contribution in [0.5, 0.6) is 11.5 Å². The number of hydrogen-bond donors (Lipinski definition) is 1. The lowest BCUT2D eigenvalue weighted by molar-refractivity contribution is -0.139. The molecule has 1 N–H and O–H groups in total. The Morgan fingerprint density at radius 1 is 0.912 bits per heavy atom. The number of carboxylic acids is 1. The van der Waals surface area contributed by atoms with Crippen LogP contribution in [0.25, 0.3) is 10.6 Å². The highest BCUT2D eigenvalue weighted by molar-refractivity contribution is 7.99. The van der Waals surface area contributed by atoms with Crippen molar-refractivity contribution < 1.29 is 19.4 Å². The van der Waals surface area contributed by atoms with Crippen LogP contribution < -0.4 is 9.47 Å². The van der Waals surface area contributed by atoms with Crippen LogP contribution in [-0.4, -0.2) is 22.7 Å². The van der Waals surface area contributed by atoms with Gasteiger partial charge in [-0.15, -0.1) is 11.3 Å². The largest absolute Gasteiger partial charge is 0.488 e. The number of aromatic nitrogens is 1. The van der Waals surface area contributed by atoms with Gasteiger partial charge in [-0.25, -0.2) is 9.78 Å². The molecule has 0 saturated heterocycles. The highest BCUT2D eigenvalue weighted by Gasteiger charge is 2.11. The molecule has 0 bridgehead atoms. The Labute approximate surface area is 207 Å². The van der Waals surface area contributed by atoms with Crippen LogP contribution in [0.4, 0.5) is 0 Å². The lowest BCUT2D eigenvalue weighted by Crippen LogP contribution is -2.09. The van der Waals surface area contributed by atoms with Gasteiger partial charge in [0.1, 0.15) is 23.1 Å². The van der Waals surface area contributed by atoms with Crippen LogP contribution in [-0.2, 0) is 11.4 Å². The maximum Gasteiger partial charge on any atom is 0.341 e. The van der Waals surface area contributed by atoms with E-state index in [-0.39, 0.29) is 6.61 Å². The van der Waals surface area contributed by atoms with Crippen LogP contribution in [0.15, 0.2) is 76.5 Å². The molecule has 0 amide bonds. The van der Waals surface area contributed by atoms with Crippen LogP contribution in [0.3, 0.4) is 0 Å². The van der Waals surface area contributed by atoms with Crippen LogP contribution in [0.2, 0.25) is 0 Å². The van der Waals surface area contributed by atoms with E-state index in [1.54, 1.807) is 23.1 Å². The van der Waals surface area contributed by atoms with E-state index in [0.717, 1.165) is 47.8 Å². The average Bonchev–Trinajstić information content (AvgIpc) is 3.19. The third-order valence-electron chi connectivity index (χ3n) is 5.15. The first-order valence-corrected chi connectivity index (χ1v) is 12.4. The van der Waals surface area contributed by atoms with Gasteiger partial charge in [0.05, 0.1) is 10.6 Å². The molecule has 0 unspecified atom stereocenters. The molecule has 0 spiro atoms. The van der Waals surface area contributed by atoms with Gasteiger partial charge in [-0.1, -0.05) is 42.1 Å². The number of nitrogens with zero attached hydrogens (tertiary/aromatic N) is 1. The van der Waals surface area contributed by atoms with Crippen molar-refractivity contribution >= 4 is 29.1 Å². The first kappa shape index (κ1) is 23.9. The van der Waals surface area contributed by atoms with Gasteiger partial charge in [-0.2, -0.15) is 0 Å². The molecule has 0 radical (unpaired) electrons. The molecular formula is C27H25NO4S2. The van der Waals surface area contributed by atoms with Gasteiger partial charge in [0.15, 0.2) is 6.61 Å². The minimum atomic E-state index is -0.988. The summed E-state index contributed by atoms with van der Waals surface area (Å²) in [5.41, 5.74) is 4.09. The second kappa shape index (κ2) is 10.8. The number of benzene rings is 3. The summed E-state index contributed by atoms with van der Waals surface area (Å²) in [6.07, 6.45) is 0. The zero-order valence-corrected chi connectivity index (χ0v) is 20.8. The lowest BCUT2D eigenvalue weighted by Gasteiger charge is -2.11. The number of carboxylic acid groups (broad SMARTS) is 1. The van der Waals surface area contributed by atoms with Gasteiger partial charge in [0, 0.05) is 15.4 Å². The van der Waals surface area contributed by atoms with Crippen LogP contribution in [0.1, 0.15) is 21.7 Å². The zero-order chi connectivity index (χ0) is 24.1. The Kier molecular flexibility index (Phi) is 7.55. The number of hydrogen-bond acceptors (Lipinski definition) is 6. The van der Waals surface area contributed by atoms with Crippen molar-refractivity contribution in [2.75, 3.05) is 6.61 Å². The summed E-state index contributed by atoms with van der Waals surface area (Å²) in [4.78, 5) is 18.7. The zero-order valence-electron chi connectivity index (χ0n) is 19.2. The molecule has 0 aliphatic rings. The number of aliphatic carboxylic acids is 1. The number of ether oxygens (including phenoxy) is 2. The summed E-state index contributed by atoms with van der Waals surface area (Å²) in [6, 6.07) is 22.1. The quantitative estimate of drug-likeness (QED) is 0.274. The molecule has 4 rings (SSSR count). The van der Waals surface area contributed by atoms with Gasteiger partial charge in [0.2, 0.25) is 0 Å². The number of carbonyl (C=O) groups is 1. The molecule has 3 aromatic carbocycles. The number of aryl methyl sites for hydroxylation is 3. The van der Waals surface area contributed by atoms with E-state index in [1.807, 2.05) is 69.3 Å². The summed E-state index contributed by atoms with van der Waals surface area (Å²) in [5, 5.41) is 9.80. The van der Waals surface area contributed by atoms with E-state index in [1.165, 1.54) is 0 Å². The minimum absolute atomic E-state index is 0.345. The molecule has 1 heterocycles. The molecule has 5 nitrogen and oxygen atoms in total. The Morgan fingerprint density at radius 3 is 2.12 bits per heavy atom. The van der Waals surface area contributed by atoms with E-state index in [0.29, 0.717) is 12.4 Å². The van der Waals surface area contributed by atoms with E-state index in [4.69, 9.17) is 19.6 Å². The number of thiazole rings is 1. The maximum absolute atomic E-state index is 10.7. The second-order valence-electron chi connectivity index (χ2n) is 7.82. The Balaban J connectivity index is 1.40. The molecule has 1 aromatic heterocycles. The van der Waals surface area contributed by atoms with Crippen molar-refractivity contribution in [2.45, 2.75) is 37.2 Å². The molecule has 0 fully saturated rings. The molecule has 7 heteroatoms. The first-order chi connectivity index (χ1) is 16.4. The summed E-state index contributed by atoms with van der Waals surface area (Å²) in [5.74, 6) is 0.449. The average molecular weight is 492 g/mol. The Bertz CT molecular complexity index is 1300. The summed E-state index contributed by atoms with van der Waals surface area (Å²) in [7, 11) is 0. The molecule has 0 saturated carbocycles.